The number of primary amides is 1. The Labute approximate surface area is 414 Å². The summed E-state index contributed by atoms with van der Waals surface area (Å²) in [6.45, 7) is 4.17. The first-order valence-electron chi connectivity index (χ1n) is 23.1. The zero-order valence-electron chi connectivity index (χ0n) is 39.3. The van der Waals surface area contributed by atoms with E-state index in [1.807, 2.05) is 66.7 Å². The molecule has 0 aliphatic carbocycles. The van der Waals surface area contributed by atoms with Gasteiger partial charge in [0.2, 0.25) is 11.8 Å². The molecule has 0 saturated heterocycles. The van der Waals surface area contributed by atoms with Crippen molar-refractivity contribution in [1.29, 1.82) is 0 Å². The van der Waals surface area contributed by atoms with Crippen LogP contribution >= 0.6 is 21.6 Å². The van der Waals surface area contributed by atoms with Crippen LogP contribution in [0.15, 0.2) is 91.0 Å². The van der Waals surface area contributed by atoms with Gasteiger partial charge in [-0.25, -0.2) is 0 Å². The van der Waals surface area contributed by atoms with Gasteiger partial charge in [0.15, 0.2) is 23.0 Å². The summed E-state index contributed by atoms with van der Waals surface area (Å²) < 4.78 is 24.1. The molecule has 366 valence electrons. The number of rotatable bonds is 18. The second-order valence-corrected chi connectivity index (χ2v) is 21.4. The van der Waals surface area contributed by atoms with Gasteiger partial charge < -0.3 is 60.6 Å². The van der Waals surface area contributed by atoms with Gasteiger partial charge in [0, 0.05) is 52.5 Å². The van der Waals surface area contributed by atoms with Gasteiger partial charge >= 0.3 is 0 Å². The molecule has 7 N–H and O–H groups in total. The summed E-state index contributed by atoms with van der Waals surface area (Å²) in [6.07, 6.45) is 0.726. The number of methoxy groups -OCH3 is 2. The lowest BCUT2D eigenvalue weighted by atomic mass is 10.1. The molecule has 0 fully saturated rings. The van der Waals surface area contributed by atoms with Crippen molar-refractivity contribution in [1.82, 2.24) is 0 Å². The van der Waals surface area contributed by atoms with Crippen molar-refractivity contribution >= 4 is 73.7 Å². The summed E-state index contributed by atoms with van der Waals surface area (Å²) in [5.41, 5.74) is 12.0. The molecule has 2 unspecified atom stereocenters. The molecule has 4 atom stereocenters. The number of carbonyl (C=O) groups excluding carboxylic acids is 4. The van der Waals surface area contributed by atoms with E-state index in [4.69, 9.17) is 24.7 Å². The summed E-state index contributed by atoms with van der Waals surface area (Å²) in [5, 5.41) is 32.1. The third-order valence-corrected chi connectivity index (χ3v) is 16.3. The van der Waals surface area contributed by atoms with E-state index in [0.29, 0.717) is 94.4 Å². The molecular weight excluding hydrogens is 933 g/mol. The normalized spacial score (nSPS) is 18.7. The minimum atomic E-state index is -1.06. The lowest BCUT2D eigenvalue weighted by Gasteiger charge is -2.26. The van der Waals surface area contributed by atoms with Crippen molar-refractivity contribution in [3.8, 4) is 23.0 Å². The quantitative estimate of drug-likeness (QED) is 0.0368. The Morgan fingerprint density at radius 3 is 1.71 bits per heavy atom. The first-order chi connectivity index (χ1) is 33.7. The second-order valence-electron chi connectivity index (χ2n) is 18.3. The Morgan fingerprint density at radius 2 is 1.23 bits per heavy atom. The van der Waals surface area contributed by atoms with E-state index in [0.717, 1.165) is 28.3 Å². The number of carbonyl (C=O) groups is 4. The van der Waals surface area contributed by atoms with Crippen LogP contribution in [0, 0.1) is 0 Å². The average molecular weight is 989 g/mol. The van der Waals surface area contributed by atoms with Crippen LogP contribution in [0.1, 0.15) is 82.5 Å². The Balaban J connectivity index is 0.955. The van der Waals surface area contributed by atoms with Crippen LogP contribution in [-0.2, 0) is 35.6 Å². The summed E-state index contributed by atoms with van der Waals surface area (Å²) in [7, 11) is 6.31. The van der Waals surface area contributed by atoms with E-state index in [1.165, 1.54) is 14.2 Å². The van der Waals surface area contributed by atoms with Crippen LogP contribution in [0.4, 0.5) is 28.4 Å². The maximum Gasteiger partial charge on any atom is 0.260 e. The second kappa shape index (κ2) is 20.4. The third kappa shape index (κ3) is 10.2. The molecule has 4 heterocycles. The molecule has 0 saturated carbocycles. The highest BCUT2D eigenvalue weighted by Crippen LogP contribution is 2.44. The largest absolute Gasteiger partial charge is 0.493 e. The van der Waals surface area contributed by atoms with Gasteiger partial charge in [-0.05, 0) is 104 Å². The topological polar surface area (TPSA) is 214 Å². The van der Waals surface area contributed by atoms with E-state index in [-0.39, 0.29) is 48.0 Å². The fraction of sp³-hybridized carbons (Fsp3) is 0.346. The molecule has 0 spiro atoms. The molecule has 16 nitrogen and oxygen atoms in total. The van der Waals surface area contributed by atoms with Crippen LogP contribution in [-0.4, -0.2) is 83.1 Å². The van der Waals surface area contributed by atoms with E-state index >= 15 is 0 Å². The van der Waals surface area contributed by atoms with Crippen molar-refractivity contribution in [3.05, 3.63) is 124 Å². The maximum atomic E-state index is 14.1. The number of ether oxygens (including phenoxy) is 4. The number of hydrogen-bond acceptors (Lipinski definition) is 14. The Morgan fingerprint density at radius 1 is 0.729 bits per heavy atom. The number of anilines is 5. The van der Waals surface area contributed by atoms with Gasteiger partial charge in [-0.1, -0.05) is 58.0 Å². The molecule has 4 aliphatic rings. The van der Waals surface area contributed by atoms with E-state index in [9.17, 15) is 29.4 Å². The highest BCUT2D eigenvalue weighted by molar-refractivity contribution is 8.77. The lowest BCUT2D eigenvalue weighted by molar-refractivity contribution is -0.118. The fourth-order valence-corrected chi connectivity index (χ4v) is 12.1. The monoisotopic (exact) mass is 988 g/mol. The number of amides is 4. The van der Waals surface area contributed by atoms with Crippen LogP contribution in [0.25, 0.3) is 0 Å². The summed E-state index contributed by atoms with van der Waals surface area (Å²) in [6, 6.07) is 26.3. The SMILES string of the molecule is COc1cc2c(cc1OCc1cc(COc3cc4c(cc3OC)C(=O)N3c5ccccc5C[C@H]3C(O)N4)cc(NC(=O)CCC(C)(C)SSCCCC(N)=O)c1)NC(O)[C@@H]1Cc3ccccc3N1C2=O. The van der Waals surface area contributed by atoms with Gasteiger partial charge in [-0.2, -0.15) is 0 Å². The molecule has 0 aromatic heterocycles. The van der Waals surface area contributed by atoms with Crippen molar-refractivity contribution in [2.75, 3.05) is 45.7 Å². The highest BCUT2D eigenvalue weighted by atomic mass is 33.1. The van der Waals surface area contributed by atoms with Gasteiger partial charge in [-0.15, -0.1) is 0 Å². The van der Waals surface area contributed by atoms with Crippen molar-refractivity contribution < 1.29 is 48.3 Å². The van der Waals surface area contributed by atoms with Crippen LogP contribution in [0.5, 0.6) is 23.0 Å². The Bertz CT molecular complexity index is 2690. The number of aliphatic hydroxyl groups is 2. The van der Waals surface area contributed by atoms with E-state index in [2.05, 4.69) is 29.8 Å². The Kier molecular flexibility index (Phi) is 14.1. The fourth-order valence-electron chi connectivity index (χ4n) is 9.39. The number of aliphatic hydroxyl groups excluding tert-OH is 2. The third-order valence-electron chi connectivity index (χ3n) is 12.9. The Hall–Kier alpha value is -6.60. The maximum absolute atomic E-state index is 14.1. The zero-order chi connectivity index (χ0) is 49.3. The number of hydrogen-bond donors (Lipinski definition) is 6. The summed E-state index contributed by atoms with van der Waals surface area (Å²) >= 11 is 0. The number of fused-ring (bicyclic) bond motifs is 8. The molecule has 5 aromatic rings. The van der Waals surface area contributed by atoms with Crippen molar-refractivity contribution in [2.24, 2.45) is 5.73 Å². The first kappa shape index (κ1) is 48.4. The average Bonchev–Trinajstić information content (AvgIpc) is 3.89. The summed E-state index contributed by atoms with van der Waals surface area (Å²) in [5.74, 6) is 0.973. The molecule has 5 aromatic carbocycles. The molecule has 18 heteroatoms. The molecule has 4 aliphatic heterocycles. The molecule has 9 rings (SSSR count). The number of nitrogens with zero attached hydrogens (tertiary/aromatic N) is 2. The molecule has 70 heavy (non-hydrogen) atoms. The van der Waals surface area contributed by atoms with Gasteiger partial charge in [-0.3, -0.25) is 19.2 Å². The minimum absolute atomic E-state index is 0.00795. The predicted molar refractivity (Wildman–Crippen MR) is 272 cm³/mol. The van der Waals surface area contributed by atoms with Crippen LogP contribution < -0.4 is 50.4 Å². The van der Waals surface area contributed by atoms with Gasteiger partial charge in [0.05, 0.1) is 48.8 Å². The number of nitrogens with two attached hydrogens (primary N) is 1. The number of benzene rings is 5. The first-order valence-corrected chi connectivity index (χ1v) is 25.5. The molecule has 0 radical (unpaired) electrons. The predicted octanol–water partition coefficient (Wildman–Crippen LogP) is 7.64. The lowest BCUT2D eigenvalue weighted by Crippen LogP contribution is -2.45. The van der Waals surface area contributed by atoms with E-state index in [1.54, 1.807) is 55.7 Å². The van der Waals surface area contributed by atoms with Crippen molar-refractivity contribution in [2.45, 2.75) is 94.9 Å². The number of para-hydroxylation sites is 2. The zero-order valence-corrected chi connectivity index (χ0v) is 40.9. The summed E-state index contributed by atoms with van der Waals surface area (Å²) in [4.78, 5) is 56.2. The van der Waals surface area contributed by atoms with Crippen LogP contribution in [0.2, 0.25) is 0 Å². The van der Waals surface area contributed by atoms with Crippen LogP contribution in [0.3, 0.4) is 0 Å². The van der Waals surface area contributed by atoms with E-state index < -0.39 is 24.5 Å². The molecule has 0 bridgehead atoms. The minimum Gasteiger partial charge on any atom is -0.493 e. The molecule has 4 amide bonds. The highest BCUT2D eigenvalue weighted by Gasteiger charge is 2.43. The van der Waals surface area contributed by atoms with Gasteiger partial charge in [0.1, 0.15) is 25.7 Å². The number of nitrogens with one attached hydrogen (secondary N) is 3. The smallest absolute Gasteiger partial charge is 0.260 e. The molecular formula is C52H56N6O10S2. The van der Waals surface area contributed by atoms with Crippen molar-refractivity contribution in [3.63, 3.8) is 0 Å². The van der Waals surface area contributed by atoms with Gasteiger partial charge in [0.25, 0.3) is 11.8 Å². The standard InChI is InChI=1S/C52H56N6O10S2/c1-52(2,70-69-17-9-14-46(53)59)16-15-47(60)54-33-19-29(27-67-44-25-36-34(23-42(44)65-3)50(63)57-38-12-7-5-10-31(38)21-40(57)48(61)55-36)18-30(20-33)28-68-45-26-37-35(24-43(45)66-4)51(64)58-39-13-8-6-11-32(39)22-41(58)49(62)56-37/h5-8,10-13,18-20,23-26,40-41,48-49,55-56,61-62H,9,14-17,21-22,27-28H2,1-4H3,(H2,53,59)(H,54,60)/t40-,41-,48?,49?/m0/s1.